The predicted octanol–water partition coefficient (Wildman–Crippen LogP) is 7.64. The number of hydrogen-bond donors (Lipinski definition) is 0. The molecule has 8 heteroatoms. The summed E-state index contributed by atoms with van der Waals surface area (Å²) in [6, 6.07) is 12.6. The van der Waals surface area contributed by atoms with Crippen LogP contribution in [-0.2, 0) is 19.3 Å². The van der Waals surface area contributed by atoms with Gasteiger partial charge < -0.3 is 4.74 Å². The minimum Gasteiger partial charge on any atom is -0.481 e. The number of aryl methyl sites for hydroxylation is 3. The highest BCUT2D eigenvalue weighted by Crippen LogP contribution is 2.28. The molecule has 0 N–H and O–H groups in total. The predicted molar refractivity (Wildman–Crippen MR) is 129 cm³/mol. The quantitative estimate of drug-likeness (QED) is 0.222. The van der Waals surface area contributed by atoms with Gasteiger partial charge in [0.25, 0.3) is 0 Å². The molecule has 0 spiro atoms. The molecule has 4 rings (SSSR count). The van der Waals surface area contributed by atoms with E-state index in [1.165, 1.54) is 6.07 Å². The molecule has 0 aliphatic heterocycles. The van der Waals surface area contributed by atoms with Crippen molar-refractivity contribution in [2.45, 2.75) is 45.2 Å². The average Bonchev–Trinajstić information content (AvgIpc) is 2.86. The Morgan fingerprint density at radius 2 is 1.61 bits per heavy atom. The Morgan fingerprint density at radius 1 is 0.833 bits per heavy atom. The fraction of sp³-hybridized carbons (Fsp3) is 0.286. The van der Waals surface area contributed by atoms with E-state index < -0.39 is 24.3 Å². The molecule has 3 nitrogen and oxygen atoms in total. The first-order valence-electron chi connectivity index (χ1n) is 11.7. The van der Waals surface area contributed by atoms with Crippen LogP contribution in [0.15, 0.2) is 60.9 Å². The highest BCUT2D eigenvalue weighted by atomic mass is 19.4. The van der Waals surface area contributed by atoms with Gasteiger partial charge in [-0.3, -0.25) is 0 Å². The molecule has 0 saturated carbocycles. The lowest BCUT2D eigenvalue weighted by atomic mass is 9.99. The summed E-state index contributed by atoms with van der Waals surface area (Å²) in [5.74, 6) is -1.14. The minimum absolute atomic E-state index is 0.300. The fourth-order valence-corrected chi connectivity index (χ4v) is 3.94. The number of hydrogen-bond acceptors (Lipinski definition) is 3. The van der Waals surface area contributed by atoms with Crippen molar-refractivity contribution in [1.29, 1.82) is 0 Å². The molecule has 0 amide bonds. The summed E-state index contributed by atoms with van der Waals surface area (Å²) >= 11 is 0. The van der Waals surface area contributed by atoms with Crippen molar-refractivity contribution in [2.75, 3.05) is 6.61 Å². The van der Waals surface area contributed by atoms with E-state index >= 15 is 4.39 Å². The van der Waals surface area contributed by atoms with E-state index in [0.29, 0.717) is 40.6 Å². The van der Waals surface area contributed by atoms with Gasteiger partial charge in [-0.2, -0.15) is 13.2 Å². The van der Waals surface area contributed by atoms with Crippen LogP contribution in [0.25, 0.3) is 22.2 Å². The number of rotatable bonds is 9. The normalized spacial score (nSPS) is 11.7. The smallest absolute Gasteiger partial charge is 0.422 e. The molecule has 0 saturated heterocycles. The van der Waals surface area contributed by atoms with Gasteiger partial charge in [0.15, 0.2) is 24.0 Å². The van der Waals surface area contributed by atoms with E-state index in [1.54, 1.807) is 18.2 Å². The van der Waals surface area contributed by atoms with Crippen molar-refractivity contribution in [3.05, 3.63) is 89.2 Å². The molecule has 36 heavy (non-hydrogen) atoms. The maximum atomic E-state index is 15.2. The summed E-state index contributed by atoms with van der Waals surface area (Å²) in [6.45, 7) is 0.566. The van der Waals surface area contributed by atoms with E-state index in [4.69, 9.17) is 0 Å². The Bertz CT molecular complexity index is 1340. The van der Waals surface area contributed by atoms with E-state index in [0.717, 1.165) is 42.5 Å². The number of ether oxygens (including phenoxy) is 1. The molecule has 1 heterocycles. The molecule has 0 atom stereocenters. The summed E-state index contributed by atoms with van der Waals surface area (Å²) < 4.78 is 70.6. The standard InChI is InChI=1S/C28H25F5N2O/c1-2-3-4-19-15-34-27(35-16-19)22-10-11-23-21(14-22)9-8-20(26(23)30)7-5-18-6-12-25(24(29)13-18)36-17-28(31,32)33/h6,8-16H,2-5,7,17H2,1H3. The summed E-state index contributed by atoms with van der Waals surface area (Å²) in [7, 11) is 0. The van der Waals surface area contributed by atoms with Crippen LogP contribution in [-0.4, -0.2) is 22.8 Å². The molecule has 0 radical (unpaired) electrons. The monoisotopic (exact) mass is 500 g/mol. The van der Waals surface area contributed by atoms with Gasteiger partial charge in [0, 0.05) is 23.3 Å². The zero-order valence-corrected chi connectivity index (χ0v) is 19.7. The first-order chi connectivity index (χ1) is 17.2. The van der Waals surface area contributed by atoms with E-state index in [2.05, 4.69) is 21.6 Å². The van der Waals surface area contributed by atoms with E-state index in [-0.39, 0.29) is 5.82 Å². The molecule has 0 aliphatic carbocycles. The van der Waals surface area contributed by atoms with Crippen molar-refractivity contribution in [2.24, 2.45) is 0 Å². The maximum absolute atomic E-state index is 15.2. The Kier molecular flexibility index (Phi) is 7.82. The van der Waals surface area contributed by atoms with Gasteiger partial charge in [-0.15, -0.1) is 0 Å². The number of fused-ring (bicyclic) bond motifs is 1. The van der Waals surface area contributed by atoms with Crippen molar-refractivity contribution in [3.63, 3.8) is 0 Å². The van der Waals surface area contributed by atoms with Crippen LogP contribution >= 0.6 is 0 Å². The molecule has 0 aliphatic rings. The summed E-state index contributed by atoms with van der Waals surface area (Å²) in [4.78, 5) is 8.90. The highest BCUT2D eigenvalue weighted by molar-refractivity contribution is 5.87. The molecule has 4 aromatic rings. The van der Waals surface area contributed by atoms with Crippen LogP contribution < -0.4 is 4.74 Å². The van der Waals surface area contributed by atoms with Gasteiger partial charge in [-0.25, -0.2) is 18.7 Å². The van der Waals surface area contributed by atoms with Gasteiger partial charge in [0.05, 0.1) is 0 Å². The number of alkyl halides is 3. The first-order valence-corrected chi connectivity index (χ1v) is 11.7. The van der Waals surface area contributed by atoms with Crippen molar-refractivity contribution >= 4 is 10.8 Å². The van der Waals surface area contributed by atoms with E-state index in [1.807, 2.05) is 24.5 Å². The SMILES string of the molecule is CCCCc1cnc(-c2ccc3c(F)c(CCc4ccc(OCC(F)(F)F)c(F)c4)ccc3c2)nc1. The molecule has 0 unspecified atom stereocenters. The van der Waals surface area contributed by atoms with Crippen LogP contribution in [0.5, 0.6) is 5.75 Å². The van der Waals surface area contributed by atoms with Crippen LogP contribution in [0.2, 0.25) is 0 Å². The number of aromatic nitrogens is 2. The third-order valence-electron chi connectivity index (χ3n) is 5.89. The van der Waals surface area contributed by atoms with Crippen LogP contribution in [0.1, 0.15) is 36.5 Å². The van der Waals surface area contributed by atoms with Gasteiger partial charge >= 0.3 is 6.18 Å². The number of halogens is 5. The van der Waals surface area contributed by atoms with Gasteiger partial charge in [-0.05, 0) is 66.0 Å². The fourth-order valence-electron chi connectivity index (χ4n) is 3.94. The van der Waals surface area contributed by atoms with Crippen molar-refractivity contribution < 1.29 is 26.7 Å². The lowest BCUT2D eigenvalue weighted by Crippen LogP contribution is -2.19. The molecule has 0 fully saturated rings. The molecule has 188 valence electrons. The number of unbranched alkanes of at least 4 members (excludes halogenated alkanes) is 1. The lowest BCUT2D eigenvalue weighted by molar-refractivity contribution is -0.153. The Balaban J connectivity index is 1.45. The zero-order chi connectivity index (χ0) is 25.7. The maximum Gasteiger partial charge on any atom is 0.422 e. The first kappa shape index (κ1) is 25.5. The molecule has 0 bridgehead atoms. The summed E-state index contributed by atoms with van der Waals surface area (Å²) in [5.41, 5.74) is 2.87. The van der Waals surface area contributed by atoms with Gasteiger partial charge in [0.1, 0.15) is 5.82 Å². The lowest BCUT2D eigenvalue weighted by Gasteiger charge is -2.11. The van der Waals surface area contributed by atoms with E-state index in [9.17, 15) is 17.6 Å². The second-order valence-electron chi connectivity index (χ2n) is 8.66. The molecule has 1 aromatic heterocycles. The third kappa shape index (κ3) is 6.36. The van der Waals surface area contributed by atoms with Gasteiger partial charge in [0.2, 0.25) is 0 Å². The van der Waals surface area contributed by atoms with Crippen LogP contribution in [0.3, 0.4) is 0 Å². The minimum atomic E-state index is -4.55. The summed E-state index contributed by atoms with van der Waals surface area (Å²) in [6.07, 6.45) is 2.83. The Morgan fingerprint density at radius 3 is 2.31 bits per heavy atom. The van der Waals surface area contributed by atoms with Crippen LogP contribution in [0.4, 0.5) is 22.0 Å². The Labute approximate surface area is 206 Å². The summed E-state index contributed by atoms with van der Waals surface area (Å²) in [5, 5.41) is 1.17. The Hall–Kier alpha value is -3.55. The molecule has 3 aromatic carbocycles. The molecular weight excluding hydrogens is 475 g/mol. The number of benzene rings is 3. The third-order valence-corrected chi connectivity index (χ3v) is 5.89. The van der Waals surface area contributed by atoms with Crippen molar-refractivity contribution in [1.82, 2.24) is 9.97 Å². The average molecular weight is 501 g/mol. The molecular formula is C28H25F5N2O. The van der Waals surface area contributed by atoms with Gasteiger partial charge in [-0.1, -0.05) is 43.7 Å². The largest absolute Gasteiger partial charge is 0.481 e. The topological polar surface area (TPSA) is 35.0 Å². The zero-order valence-electron chi connectivity index (χ0n) is 19.7. The van der Waals surface area contributed by atoms with Crippen LogP contribution in [0, 0.1) is 11.6 Å². The van der Waals surface area contributed by atoms with Crippen molar-refractivity contribution in [3.8, 4) is 17.1 Å². The highest BCUT2D eigenvalue weighted by Gasteiger charge is 2.29. The second-order valence-corrected chi connectivity index (χ2v) is 8.66. The second kappa shape index (κ2) is 11.0. The number of nitrogens with zero attached hydrogens (tertiary/aromatic N) is 2.